The average Bonchev–Trinajstić information content (AvgIpc) is 3.23. The Bertz CT molecular complexity index is 1000. The van der Waals surface area contributed by atoms with Crippen LogP contribution in [0.25, 0.3) is 11.1 Å². The summed E-state index contributed by atoms with van der Waals surface area (Å²) in [6.45, 7) is 0. The fraction of sp³-hybridized carbons (Fsp3) is 0. The van der Waals surface area contributed by atoms with Crippen LogP contribution in [0.4, 0.5) is 4.39 Å². The molecule has 2 aromatic carbocycles. The monoisotopic (exact) mass is 351 g/mol. The van der Waals surface area contributed by atoms with Crippen LogP contribution < -0.4 is 0 Å². The number of carbonyl (C=O) groups is 3. The van der Waals surface area contributed by atoms with Crippen molar-refractivity contribution in [1.29, 1.82) is 0 Å². The van der Waals surface area contributed by atoms with Crippen LogP contribution in [0.3, 0.4) is 0 Å². The van der Waals surface area contributed by atoms with Gasteiger partial charge in [-0.1, -0.05) is 29.3 Å². The Morgan fingerprint density at radius 1 is 0.885 bits per heavy atom. The minimum Gasteiger partial charge on any atom is -0.457 e. The van der Waals surface area contributed by atoms with Crippen LogP contribution in [0.5, 0.6) is 0 Å². The highest BCUT2D eigenvalue weighted by molar-refractivity contribution is 6.21. The number of nitrogens with zero attached hydrogens (tertiary/aromatic N) is 1. The van der Waals surface area contributed by atoms with E-state index >= 15 is 0 Å². The molecule has 1 aliphatic rings. The van der Waals surface area contributed by atoms with E-state index < -0.39 is 23.6 Å². The van der Waals surface area contributed by atoms with Gasteiger partial charge in [-0.05, 0) is 35.9 Å². The fourth-order valence-electron chi connectivity index (χ4n) is 2.70. The quantitative estimate of drug-likeness (QED) is 0.676. The molecular formula is C19H10FNO5. The number of hydroxylamine groups is 2. The first kappa shape index (κ1) is 15.8. The minimum atomic E-state index is -1.01. The van der Waals surface area contributed by atoms with Crippen molar-refractivity contribution in [1.82, 2.24) is 5.06 Å². The Morgan fingerprint density at radius 3 is 2.12 bits per heavy atom. The third-order valence-electron chi connectivity index (χ3n) is 3.94. The molecule has 26 heavy (non-hydrogen) atoms. The van der Waals surface area contributed by atoms with E-state index in [-0.39, 0.29) is 16.9 Å². The summed E-state index contributed by atoms with van der Waals surface area (Å²) in [7, 11) is 0. The van der Waals surface area contributed by atoms with Crippen molar-refractivity contribution >= 4 is 17.8 Å². The first-order valence-corrected chi connectivity index (χ1v) is 7.60. The second kappa shape index (κ2) is 5.96. The molecule has 3 aromatic rings. The minimum absolute atomic E-state index is 0.156. The smallest absolute Gasteiger partial charge is 0.399 e. The predicted octanol–water partition coefficient (Wildman–Crippen LogP) is 3.45. The summed E-state index contributed by atoms with van der Waals surface area (Å²) in [5.74, 6) is -3.09. The summed E-state index contributed by atoms with van der Waals surface area (Å²) in [5, 5.41) is 0.407. The molecule has 0 saturated heterocycles. The van der Waals surface area contributed by atoms with E-state index in [0.717, 1.165) is 0 Å². The largest absolute Gasteiger partial charge is 0.457 e. The van der Waals surface area contributed by atoms with Crippen LogP contribution in [-0.2, 0) is 4.84 Å². The number of benzene rings is 2. The van der Waals surface area contributed by atoms with E-state index in [1.54, 1.807) is 12.1 Å². The van der Waals surface area contributed by atoms with E-state index in [0.29, 0.717) is 16.2 Å². The molecule has 2 amide bonds. The van der Waals surface area contributed by atoms with Crippen molar-refractivity contribution in [2.24, 2.45) is 0 Å². The van der Waals surface area contributed by atoms with Crippen molar-refractivity contribution in [3.8, 4) is 11.1 Å². The number of hydrogen-bond acceptors (Lipinski definition) is 5. The average molecular weight is 351 g/mol. The highest BCUT2D eigenvalue weighted by Crippen LogP contribution is 2.28. The number of carbonyl (C=O) groups excluding carboxylic acids is 3. The number of fused-ring (bicyclic) bond motifs is 1. The van der Waals surface area contributed by atoms with Gasteiger partial charge in [0.05, 0.1) is 17.4 Å². The lowest BCUT2D eigenvalue weighted by Gasteiger charge is -2.12. The molecule has 0 fully saturated rings. The number of hydrogen-bond donors (Lipinski definition) is 0. The predicted molar refractivity (Wildman–Crippen MR) is 86.5 cm³/mol. The summed E-state index contributed by atoms with van der Waals surface area (Å²) >= 11 is 0. The van der Waals surface area contributed by atoms with E-state index in [2.05, 4.69) is 0 Å². The van der Waals surface area contributed by atoms with Crippen LogP contribution in [0, 0.1) is 5.82 Å². The Labute approximate surface area is 146 Å². The molecule has 7 heteroatoms. The van der Waals surface area contributed by atoms with Gasteiger partial charge in [-0.15, -0.1) is 0 Å². The second-order valence-corrected chi connectivity index (χ2v) is 5.50. The third kappa shape index (κ3) is 2.46. The van der Waals surface area contributed by atoms with Crippen molar-refractivity contribution in [2.75, 3.05) is 0 Å². The van der Waals surface area contributed by atoms with E-state index in [1.807, 2.05) is 0 Å². The first-order valence-electron chi connectivity index (χ1n) is 7.60. The van der Waals surface area contributed by atoms with E-state index in [9.17, 15) is 18.8 Å². The van der Waals surface area contributed by atoms with Crippen molar-refractivity contribution in [3.63, 3.8) is 0 Å². The van der Waals surface area contributed by atoms with Gasteiger partial charge in [0.15, 0.2) is 0 Å². The summed E-state index contributed by atoms with van der Waals surface area (Å²) in [6.07, 6.45) is 1.26. The Balaban J connectivity index is 1.61. The maximum Gasteiger partial charge on any atom is 0.399 e. The summed E-state index contributed by atoms with van der Waals surface area (Å²) in [6, 6.07) is 13.1. The van der Waals surface area contributed by atoms with Gasteiger partial charge in [0.25, 0.3) is 11.8 Å². The summed E-state index contributed by atoms with van der Waals surface area (Å²) in [4.78, 5) is 41.9. The molecule has 0 unspecified atom stereocenters. The molecule has 1 aliphatic heterocycles. The molecule has 0 N–H and O–H groups in total. The van der Waals surface area contributed by atoms with Gasteiger partial charge in [0, 0.05) is 5.56 Å². The molecule has 2 heterocycles. The molecule has 0 bridgehead atoms. The zero-order valence-corrected chi connectivity index (χ0v) is 13.1. The van der Waals surface area contributed by atoms with E-state index in [1.165, 1.54) is 48.7 Å². The maximum absolute atomic E-state index is 13.1. The lowest BCUT2D eigenvalue weighted by Crippen LogP contribution is -2.32. The Morgan fingerprint density at radius 2 is 1.50 bits per heavy atom. The molecule has 0 radical (unpaired) electrons. The number of amides is 2. The number of imide groups is 1. The molecule has 6 nitrogen and oxygen atoms in total. The molecule has 0 saturated carbocycles. The van der Waals surface area contributed by atoms with Crippen LogP contribution in [0.1, 0.15) is 31.3 Å². The number of halogens is 1. The van der Waals surface area contributed by atoms with Crippen LogP contribution in [-0.4, -0.2) is 22.8 Å². The standard InChI is InChI=1S/C19H10FNO5/c20-12-7-5-11(6-8-12)13-9-10-25-16(13)19(24)26-21-17(22)14-3-1-2-4-15(14)18(21)23/h1-10H. The van der Waals surface area contributed by atoms with Crippen LogP contribution >= 0.6 is 0 Å². The molecule has 0 aliphatic carbocycles. The second-order valence-electron chi connectivity index (χ2n) is 5.50. The van der Waals surface area contributed by atoms with Gasteiger partial charge in [0.1, 0.15) is 5.82 Å². The van der Waals surface area contributed by atoms with Crippen molar-refractivity contribution in [3.05, 3.63) is 83.6 Å². The fourth-order valence-corrected chi connectivity index (χ4v) is 2.70. The van der Waals surface area contributed by atoms with Gasteiger partial charge in [-0.2, -0.15) is 0 Å². The lowest BCUT2D eigenvalue weighted by atomic mass is 10.1. The zero-order chi connectivity index (χ0) is 18.3. The van der Waals surface area contributed by atoms with Gasteiger partial charge in [-0.25, -0.2) is 9.18 Å². The van der Waals surface area contributed by atoms with Crippen LogP contribution in [0.15, 0.2) is 65.3 Å². The van der Waals surface area contributed by atoms with Crippen molar-refractivity contribution in [2.45, 2.75) is 0 Å². The molecular weight excluding hydrogens is 341 g/mol. The molecule has 0 spiro atoms. The van der Waals surface area contributed by atoms with Crippen molar-refractivity contribution < 1.29 is 28.0 Å². The highest BCUT2D eigenvalue weighted by Gasteiger charge is 2.39. The number of furan rings is 1. The molecule has 1 aromatic heterocycles. The number of rotatable bonds is 3. The summed E-state index contributed by atoms with van der Waals surface area (Å²) < 4.78 is 18.2. The maximum atomic E-state index is 13.1. The van der Waals surface area contributed by atoms with Gasteiger partial charge in [-0.3, -0.25) is 9.59 Å². The van der Waals surface area contributed by atoms with Crippen LogP contribution in [0.2, 0.25) is 0 Å². The molecule has 128 valence electrons. The Kier molecular flexibility index (Phi) is 3.62. The van der Waals surface area contributed by atoms with Gasteiger partial charge < -0.3 is 9.25 Å². The first-order chi connectivity index (χ1) is 12.6. The Hall–Kier alpha value is -3.74. The van der Waals surface area contributed by atoms with Gasteiger partial charge >= 0.3 is 5.97 Å². The molecule has 0 atom stereocenters. The summed E-state index contributed by atoms with van der Waals surface area (Å²) in [5.41, 5.74) is 1.19. The SMILES string of the molecule is O=C(ON1C(=O)c2ccccc2C1=O)c1occc1-c1ccc(F)cc1. The third-order valence-corrected chi connectivity index (χ3v) is 3.94. The highest BCUT2D eigenvalue weighted by atomic mass is 19.1. The zero-order valence-electron chi connectivity index (χ0n) is 13.1. The molecule has 4 rings (SSSR count). The normalized spacial score (nSPS) is 13.0. The lowest BCUT2D eigenvalue weighted by molar-refractivity contribution is -0.0602. The van der Waals surface area contributed by atoms with E-state index in [4.69, 9.17) is 9.25 Å². The van der Waals surface area contributed by atoms with Gasteiger partial charge in [0.2, 0.25) is 5.76 Å². The topological polar surface area (TPSA) is 76.8 Å².